The molecule has 3 aromatic rings. The summed E-state index contributed by atoms with van der Waals surface area (Å²) >= 11 is 0. The first kappa shape index (κ1) is 20.6. The summed E-state index contributed by atoms with van der Waals surface area (Å²) in [6.07, 6.45) is 0.817. The van der Waals surface area contributed by atoms with E-state index in [1.165, 1.54) is 11.1 Å². The first-order valence-corrected chi connectivity index (χ1v) is 9.80. The molecule has 0 saturated carbocycles. The van der Waals surface area contributed by atoms with Crippen molar-refractivity contribution in [2.75, 3.05) is 27.7 Å². The van der Waals surface area contributed by atoms with E-state index in [4.69, 9.17) is 4.74 Å². The van der Waals surface area contributed by atoms with Gasteiger partial charge in [-0.15, -0.1) is 0 Å². The zero-order valence-electron chi connectivity index (χ0n) is 17.3. The molecular formula is C25H28N2O2. The fraction of sp³-hybridized carbons (Fsp3) is 0.240. The standard InChI is InChI=1S/C25H28N2O2/c1-27(2)18-20-6-4-19(5-7-20)16-17-26-25(28)23-10-8-21(9-11-23)22-12-14-24(29-3)15-13-22/h4-15H,16-18H2,1-3H3,(H,26,28). The van der Waals surface area contributed by atoms with E-state index in [2.05, 4.69) is 48.6 Å². The van der Waals surface area contributed by atoms with Gasteiger partial charge in [-0.25, -0.2) is 0 Å². The van der Waals surface area contributed by atoms with Crippen molar-refractivity contribution in [1.29, 1.82) is 0 Å². The fourth-order valence-electron chi connectivity index (χ4n) is 3.20. The number of benzene rings is 3. The van der Waals surface area contributed by atoms with Crippen LogP contribution in [0.3, 0.4) is 0 Å². The van der Waals surface area contributed by atoms with Gasteiger partial charge in [0.05, 0.1) is 7.11 Å². The summed E-state index contributed by atoms with van der Waals surface area (Å²) in [7, 11) is 5.78. The zero-order valence-corrected chi connectivity index (χ0v) is 17.3. The van der Waals surface area contributed by atoms with Crippen LogP contribution < -0.4 is 10.1 Å². The molecule has 0 aromatic heterocycles. The molecule has 4 nitrogen and oxygen atoms in total. The van der Waals surface area contributed by atoms with Gasteiger partial charge in [-0.3, -0.25) is 4.79 Å². The lowest BCUT2D eigenvalue weighted by Gasteiger charge is -2.10. The topological polar surface area (TPSA) is 41.6 Å². The van der Waals surface area contributed by atoms with E-state index < -0.39 is 0 Å². The highest BCUT2D eigenvalue weighted by atomic mass is 16.5. The van der Waals surface area contributed by atoms with Crippen molar-refractivity contribution < 1.29 is 9.53 Å². The highest BCUT2D eigenvalue weighted by Gasteiger charge is 2.06. The molecule has 0 aliphatic carbocycles. The van der Waals surface area contributed by atoms with E-state index in [-0.39, 0.29) is 5.91 Å². The predicted octanol–water partition coefficient (Wildman–Crippen LogP) is 4.40. The molecular weight excluding hydrogens is 360 g/mol. The van der Waals surface area contributed by atoms with Crippen LogP contribution in [0, 0.1) is 0 Å². The Hall–Kier alpha value is -3.11. The Morgan fingerprint density at radius 2 is 1.38 bits per heavy atom. The van der Waals surface area contributed by atoms with Crippen molar-refractivity contribution >= 4 is 5.91 Å². The minimum Gasteiger partial charge on any atom is -0.497 e. The Balaban J connectivity index is 1.51. The van der Waals surface area contributed by atoms with Gasteiger partial charge >= 0.3 is 0 Å². The molecule has 0 aliphatic heterocycles. The van der Waals surface area contributed by atoms with Crippen LogP contribution in [0.25, 0.3) is 11.1 Å². The van der Waals surface area contributed by atoms with Gasteiger partial charge in [0, 0.05) is 18.7 Å². The summed E-state index contributed by atoms with van der Waals surface area (Å²) < 4.78 is 5.19. The molecule has 3 aromatic carbocycles. The van der Waals surface area contributed by atoms with Crippen LogP contribution in [0.4, 0.5) is 0 Å². The number of nitrogens with zero attached hydrogens (tertiary/aromatic N) is 1. The number of carbonyl (C=O) groups excluding carboxylic acids is 1. The molecule has 0 bridgehead atoms. The van der Waals surface area contributed by atoms with E-state index in [0.717, 1.165) is 29.8 Å². The third-order valence-electron chi connectivity index (χ3n) is 4.79. The van der Waals surface area contributed by atoms with Crippen molar-refractivity contribution in [2.45, 2.75) is 13.0 Å². The average Bonchev–Trinajstić information content (AvgIpc) is 2.75. The predicted molar refractivity (Wildman–Crippen MR) is 118 cm³/mol. The molecule has 150 valence electrons. The molecule has 0 atom stereocenters. The summed E-state index contributed by atoms with van der Waals surface area (Å²) in [5.74, 6) is 0.785. The number of rotatable bonds is 8. The van der Waals surface area contributed by atoms with E-state index >= 15 is 0 Å². The molecule has 4 heteroatoms. The lowest BCUT2D eigenvalue weighted by molar-refractivity contribution is 0.0954. The second-order valence-corrected chi connectivity index (χ2v) is 7.37. The molecule has 1 amide bonds. The van der Waals surface area contributed by atoms with Crippen molar-refractivity contribution in [3.8, 4) is 16.9 Å². The Labute approximate surface area is 173 Å². The SMILES string of the molecule is COc1ccc(-c2ccc(C(=O)NCCc3ccc(CN(C)C)cc3)cc2)cc1. The molecule has 3 rings (SSSR count). The second-order valence-electron chi connectivity index (χ2n) is 7.37. The van der Waals surface area contributed by atoms with Gasteiger partial charge < -0.3 is 15.0 Å². The van der Waals surface area contributed by atoms with Gasteiger partial charge in [0.2, 0.25) is 0 Å². The van der Waals surface area contributed by atoms with E-state index in [1.54, 1.807) is 7.11 Å². The molecule has 0 heterocycles. The van der Waals surface area contributed by atoms with Crippen LogP contribution in [-0.2, 0) is 13.0 Å². The largest absolute Gasteiger partial charge is 0.497 e. The quantitative estimate of drug-likeness (QED) is 0.622. The Morgan fingerprint density at radius 3 is 1.93 bits per heavy atom. The molecule has 0 aliphatic rings. The minimum atomic E-state index is -0.0458. The maximum Gasteiger partial charge on any atom is 0.251 e. The maximum atomic E-state index is 12.4. The lowest BCUT2D eigenvalue weighted by atomic mass is 10.0. The van der Waals surface area contributed by atoms with E-state index in [9.17, 15) is 4.79 Å². The summed E-state index contributed by atoms with van der Waals surface area (Å²) in [5, 5.41) is 3.00. The van der Waals surface area contributed by atoms with E-state index in [1.807, 2.05) is 48.5 Å². The third kappa shape index (κ3) is 5.93. The van der Waals surface area contributed by atoms with E-state index in [0.29, 0.717) is 12.1 Å². The van der Waals surface area contributed by atoms with Crippen molar-refractivity contribution in [3.05, 3.63) is 89.5 Å². The van der Waals surface area contributed by atoms with Gasteiger partial charge in [0.1, 0.15) is 5.75 Å². The molecule has 0 saturated heterocycles. The van der Waals surface area contributed by atoms with Crippen LogP contribution >= 0.6 is 0 Å². The van der Waals surface area contributed by atoms with Crippen LogP contribution in [0.1, 0.15) is 21.5 Å². The first-order chi connectivity index (χ1) is 14.0. The van der Waals surface area contributed by atoms with Crippen molar-refractivity contribution in [2.24, 2.45) is 0 Å². The molecule has 0 fully saturated rings. The van der Waals surface area contributed by atoms with Gasteiger partial charge in [-0.2, -0.15) is 0 Å². The Kier molecular flexibility index (Phi) is 7.04. The highest BCUT2D eigenvalue weighted by molar-refractivity contribution is 5.94. The number of amides is 1. The summed E-state index contributed by atoms with van der Waals surface area (Å²) in [6.45, 7) is 1.55. The van der Waals surface area contributed by atoms with Crippen LogP contribution in [-0.4, -0.2) is 38.6 Å². The van der Waals surface area contributed by atoms with Gasteiger partial charge in [0.25, 0.3) is 5.91 Å². The lowest BCUT2D eigenvalue weighted by Crippen LogP contribution is -2.25. The summed E-state index contributed by atoms with van der Waals surface area (Å²) in [5.41, 5.74) is 5.35. The number of hydrogen-bond donors (Lipinski definition) is 1. The highest BCUT2D eigenvalue weighted by Crippen LogP contribution is 2.22. The number of ether oxygens (including phenoxy) is 1. The minimum absolute atomic E-state index is 0.0458. The van der Waals surface area contributed by atoms with Gasteiger partial charge in [-0.05, 0) is 67.0 Å². The smallest absolute Gasteiger partial charge is 0.251 e. The number of methoxy groups -OCH3 is 1. The Bertz CT molecular complexity index is 915. The molecule has 0 unspecified atom stereocenters. The second kappa shape index (κ2) is 9.89. The molecule has 1 N–H and O–H groups in total. The third-order valence-corrected chi connectivity index (χ3v) is 4.79. The monoisotopic (exact) mass is 388 g/mol. The maximum absolute atomic E-state index is 12.4. The van der Waals surface area contributed by atoms with Crippen LogP contribution in [0.5, 0.6) is 5.75 Å². The molecule has 29 heavy (non-hydrogen) atoms. The average molecular weight is 389 g/mol. The summed E-state index contributed by atoms with van der Waals surface area (Å²) in [6, 6.07) is 24.1. The van der Waals surface area contributed by atoms with Crippen molar-refractivity contribution in [3.63, 3.8) is 0 Å². The zero-order chi connectivity index (χ0) is 20.6. The Morgan fingerprint density at radius 1 is 0.828 bits per heavy atom. The van der Waals surface area contributed by atoms with Gasteiger partial charge in [-0.1, -0.05) is 48.5 Å². The molecule has 0 spiro atoms. The molecule has 0 radical (unpaired) electrons. The van der Waals surface area contributed by atoms with Crippen molar-refractivity contribution in [1.82, 2.24) is 10.2 Å². The van der Waals surface area contributed by atoms with Crippen LogP contribution in [0.15, 0.2) is 72.8 Å². The number of nitrogens with one attached hydrogen (secondary N) is 1. The number of hydrogen-bond acceptors (Lipinski definition) is 3. The summed E-state index contributed by atoms with van der Waals surface area (Å²) in [4.78, 5) is 14.6. The fourth-order valence-corrected chi connectivity index (χ4v) is 3.20. The number of carbonyl (C=O) groups is 1. The van der Waals surface area contributed by atoms with Crippen LogP contribution in [0.2, 0.25) is 0 Å². The first-order valence-electron chi connectivity index (χ1n) is 9.80. The van der Waals surface area contributed by atoms with Gasteiger partial charge in [0.15, 0.2) is 0 Å². The normalized spacial score (nSPS) is 10.8.